The minimum absolute atomic E-state index is 1.18. The molecule has 0 aliphatic carbocycles. The van der Waals surface area contributed by atoms with E-state index in [-0.39, 0.29) is 0 Å². The number of hydrogen-bond donors (Lipinski definition) is 1. The Morgan fingerprint density at radius 1 is 0.824 bits per heavy atom. The van der Waals surface area contributed by atoms with Crippen LogP contribution in [-0.4, -0.2) is 4.98 Å². The summed E-state index contributed by atoms with van der Waals surface area (Å²) in [6.45, 7) is 0. The van der Waals surface area contributed by atoms with Gasteiger partial charge in [0.1, 0.15) is 0 Å². The molecule has 0 saturated carbocycles. The predicted octanol–water partition coefficient (Wildman–Crippen LogP) is 4.27. The number of fused-ring (bicyclic) bond motifs is 5. The molecule has 0 aliphatic rings. The molecule has 1 N–H and O–H groups in total. The van der Waals surface area contributed by atoms with Crippen LogP contribution >= 0.6 is 0 Å². The zero-order chi connectivity index (χ0) is 11.2. The second kappa shape index (κ2) is 3.11. The molecule has 4 aromatic rings. The van der Waals surface area contributed by atoms with E-state index in [0.29, 0.717) is 0 Å². The van der Waals surface area contributed by atoms with Crippen molar-refractivity contribution in [3.05, 3.63) is 60.7 Å². The van der Waals surface area contributed by atoms with Gasteiger partial charge in [0.05, 0.1) is 0 Å². The number of aromatic amines is 1. The average Bonchev–Trinajstić information content (AvgIpc) is 2.77. The van der Waals surface area contributed by atoms with Gasteiger partial charge in [0, 0.05) is 21.8 Å². The standard InChI is InChI=1S/C16H10N/c1-2-6-12-11(5-1)9-10-15-16(12)13-7-3-4-8-14(13)17-15/h1-5,7-10,17H. The fourth-order valence-corrected chi connectivity index (χ4v) is 2.54. The highest BCUT2D eigenvalue weighted by atomic mass is 14.7. The molecule has 1 nitrogen and oxygen atoms in total. The van der Waals surface area contributed by atoms with Crippen LogP contribution in [0, 0.1) is 6.07 Å². The van der Waals surface area contributed by atoms with Crippen LogP contribution in [0.4, 0.5) is 0 Å². The second-order valence-electron chi connectivity index (χ2n) is 4.29. The Kier molecular flexibility index (Phi) is 1.61. The van der Waals surface area contributed by atoms with Crippen molar-refractivity contribution >= 4 is 32.6 Å². The molecule has 0 aliphatic heterocycles. The first kappa shape index (κ1) is 8.82. The van der Waals surface area contributed by atoms with E-state index in [0.717, 1.165) is 0 Å². The van der Waals surface area contributed by atoms with E-state index in [1.165, 1.54) is 32.6 Å². The molecule has 1 heteroatoms. The summed E-state index contributed by atoms with van der Waals surface area (Å²) in [5, 5.41) is 4.99. The van der Waals surface area contributed by atoms with Gasteiger partial charge in [-0.3, -0.25) is 0 Å². The smallest absolute Gasteiger partial charge is 0.0471 e. The zero-order valence-electron chi connectivity index (χ0n) is 9.20. The van der Waals surface area contributed by atoms with Gasteiger partial charge in [-0.05, 0) is 29.0 Å². The molecular weight excluding hydrogens is 206 g/mol. The Labute approximate surface area is 98.7 Å². The highest BCUT2D eigenvalue weighted by Gasteiger charge is 2.06. The van der Waals surface area contributed by atoms with Crippen LogP contribution in [0.15, 0.2) is 54.6 Å². The molecule has 4 rings (SSSR count). The molecule has 0 bridgehead atoms. The van der Waals surface area contributed by atoms with Crippen LogP contribution in [0.2, 0.25) is 0 Å². The molecule has 0 spiro atoms. The maximum absolute atomic E-state index is 3.45. The molecule has 0 saturated heterocycles. The van der Waals surface area contributed by atoms with Gasteiger partial charge in [0.15, 0.2) is 0 Å². The molecule has 79 valence electrons. The average molecular weight is 216 g/mol. The van der Waals surface area contributed by atoms with Crippen LogP contribution in [0.3, 0.4) is 0 Å². The first-order valence-electron chi connectivity index (χ1n) is 5.73. The molecule has 0 fully saturated rings. The lowest BCUT2D eigenvalue weighted by molar-refractivity contribution is 1.55. The van der Waals surface area contributed by atoms with Crippen molar-refractivity contribution < 1.29 is 0 Å². The summed E-state index contributed by atoms with van der Waals surface area (Å²) in [5.74, 6) is 0. The monoisotopic (exact) mass is 216 g/mol. The van der Waals surface area contributed by atoms with Crippen LogP contribution in [0.25, 0.3) is 32.6 Å². The Bertz CT molecular complexity index is 834. The predicted molar refractivity (Wildman–Crippen MR) is 72.1 cm³/mol. The lowest BCUT2D eigenvalue weighted by Gasteiger charge is -1.98. The van der Waals surface area contributed by atoms with Crippen molar-refractivity contribution in [3.8, 4) is 0 Å². The van der Waals surface area contributed by atoms with Gasteiger partial charge in [-0.2, -0.15) is 0 Å². The summed E-state index contributed by atoms with van der Waals surface area (Å²) in [5.41, 5.74) is 2.37. The highest BCUT2D eigenvalue weighted by molar-refractivity contribution is 6.19. The SMILES string of the molecule is [c]1cccc2ccc3[nH]c4ccccc4c3c12. The van der Waals surface area contributed by atoms with Gasteiger partial charge in [-0.25, -0.2) is 0 Å². The number of hydrogen-bond acceptors (Lipinski definition) is 0. The first-order chi connectivity index (χ1) is 8.43. The van der Waals surface area contributed by atoms with Crippen LogP contribution < -0.4 is 0 Å². The minimum Gasteiger partial charge on any atom is -0.354 e. The number of nitrogens with one attached hydrogen (secondary N) is 1. The largest absolute Gasteiger partial charge is 0.354 e. The topological polar surface area (TPSA) is 15.8 Å². The summed E-state index contributed by atoms with van der Waals surface area (Å²) < 4.78 is 0. The summed E-state index contributed by atoms with van der Waals surface area (Å²) in [6, 6.07) is 22.2. The fraction of sp³-hybridized carbons (Fsp3) is 0. The van der Waals surface area contributed by atoms with Crippen molar-refractivity contribution in [1.82, 2.24) is 4.98 Å². The molecule has 0 amide bonds. The lowest BCUT2D eigenvalue weighted by Crippen LogP contribution is -1.74. The first-order valence-corrected chi connectivity index (χ1v) is 5.73. The van der Waals surface area contributed by atoms with Gasteiger partial charge in [0.25, 0.3) is 0 Å². The van der Waals surface area contributed by atoms with Gasteiger partial charge in [-0.1, -0.05) is 42.5 Å². The van der Waals surface area contributed by atoms with Crippen LogP contribution in [-0.2, 0) is 0 Å². The Balaban J connectivity index is 2.38. The zero-order valence-corrected chi connectivity index (χ0v) is 9.20. The van der Waals surface area contributed by atoms with Crippen molar-refractivity contribution in [3.63, 3.8) is 0 Å². The minimum atomic E-state index is 1.18. The molecule has 0 unspecified atom stereocenters. The third kappa shape index (κ3) is 1.14. The maximum Gasteiger partial charge on any atom is 0.0471 e. The van der Waals surface area contributed by atoms with Gasteiger partial charge < -0.3 is 4.98 Å². The Morgan fingerprint density at radius 3 is 2.76 bits per heavy atom. The van der Waals surface area contributed by atoms with Crippen LogP contribution in [0.5, 0.6) is 0 Å². The van der Waals surface area contributed by atoms with E-state index in [2.05, 4.69) is 53.5 Å². The number of aromatic nitrogens is 1. The summed E-state index contributed by atoms with van der Waals surface area (Å²) in [4.78, 5) is 3.45. The van der Waals surface area contributed by atoms with E-state index < -0.39 is 0 Å². The third-order valence-electron chi connectivity index (χ3n) is 3.30. The number of rotatable bonds is 0. The number of para-hydroxylation sites is 1. The highest BCUT2D eigenvalue weighted by Crippen LogP contribution is 2.31. The fourth-order valence-electron chi connectivity index (χ4n) is 2.54. The molecular formula is C16H10N. The van der Waals surface area contributed by atoms with Crippen molar-refractivity contribution in [2.45, 2.75) is 0 Å². The number of H-pyrrole nitrogens is 1. The Hall–Kier alpha value is -2.28. The Morgan fingerprint density at radius 2 is 1.76 bits per heavy atom. The van der Waals surface area contributed by atoms with Crippen LogP contribution in [0.1, 0.15) is 0 Å². The molecule has 3 aromatic carbocycles. The van der Waals surface area contributed by atoms with Gasteiger partial charge in [0.2, 0.25) is 0 Å². The summed E-state index contributed by atoms with van der Waals surface area (Å²) >= 11 is 0. The molecule has 1 radical (unpaired) electrons. The molecule has 1 heterocycles. The maximum atomic E-state index is 3.45. The van der Waals surface area contributed by atoms with Gasteiger partial charge >= 0.3 is 0 Å². The lowest BCUT2D eigenvalue weighted by atomic mass is 10.0. The normalized spacial score (nSPS) is 11.5. The van der Waals surface area contributed by atoms with E-state index in [9.17, 15) is 0 Å². The van der Waals surface area contributed by atoms with E-state index in [1.54, 1.807) is 0 Å². The second-order valence-corrected chi connectivity index (χ2v) is 4.29. The molecule has 0 atom stereocenters. The summed E-state index contributed by atoms with van der Waals surface area (Å²) in [6.07, 6.45) is 0. The van der Waals surface area contributed by atoms with Crippen molar-refractivity contribution in [2.24, 2.45) is 0 Å². The van der Waals surface area contributed by atoms with E-state index >= 15 is 0 Å². The third-order valence-corrected chi connectivity index (χ3v) is 3.30. The van der Waals surface area contributed by atoms with Crippen molar-refractivity contribution in [2.75, 3.05) is 0 Å². The summed E-state index contributed by atoms with van der Waals surface area (Å²) in [7, 11) is 0. The number of benzene rings is 3. The quantitative estimate of drug-likeness (QED) is 0.451. The molecule has 1 aromatic heterocycles. The van der Waals surface area contributed by atoms with E-state index in [1.807, 2.05) is 12.1 Å². The van der Waals surface area contributed by atoms with Crippen molar-refractivity contribution in [1.29, 1.82) is 0 Å². The molecule has 17 heavy (non-hydrogen) atoms. The van der Waals surface area contributed by atoms with Gasteiger partial charge in [-0.15, -0.1) is 0 Å². The van der Waals surface area contributed by atoms with E-state index in [4.69, 9.17) is 0 Å².